The monoisotopic (exact) mass is 237 g/mol. The second kappa shape index (κ2) is 5.54. The molecule has 1 heteroatoms. The van der Waals surface area contributed by atoms with Crippen LogP contribution < -0.4 is 4.90 Å². The van der Waals surface area contributed by atoms with Crippen LogP contribution in [-0.4, -0.2) is 0 Å². The van der Waals surface area contributed by atoms with Crippen LogP contribution in [0, 0.1) is 5.92 Å². The molecule has 92 valence electrons. The molecule has 0 bridgehead atoms. The Morgan fingerprint density at radius 1 is 1.11 bits per heavy atom. The summed E-state index contributed by atoms with van der Waals surface area (Å²) in [5, 5.41) is 0. The van der Waals surface area contributed by atoms with Crippen molar-refractivity contribution in [2.75, 3.05) is 4.90 Å². The normalized spacial score (nSPS) is 26.6. The van der Waals surface area contributed by atoms with Crippen LogP contribution in [0.5, 0.6) is 0 Å². The molecule has 1 unspecified atom stereocenters. The Kier molecular flexibility index (Phi) is 3.83. The van der Waals surface area contributed by atoms with Crippen molar-refractivity contribution in [3.63, 3.8) is 0 Å². The summed E-state index contributed by atoms with van der Waals surface area (Å²) in [4.78, 5) is 2.18. The van der Waals surface area contributed by atoms with E-state index in [4.69, 9.17) is 0 Å². The molecule has 1 aliphatic heterocycles. The highest BCUT2D eigenvalue weighted by molar-refractivity contribution is 5.59. The Labute approximate surface area is 109 Å². The van der Waals surface area contributed by atoms with Gasteiger partial charge in [0.05, 0.1) is 0 Å². The minimum atomic E-state index is 0.423. The van der Waals surface area contributed by atoms with Crippen molar-refractivity contribution in [2.24, 2.45) is 5.92 Å². The molecule has 1 aromatic rings. The molecule has 0 aromatic heterocycles. The largest absolute Gasteiger partial charge is 0.315 e. The standard InChI is InChI=1S/C17H19N/c1-14-9-7-8-10-15(2)18(16(3)13-14)17-11-5-4-6-12-17/h4-14H,2H2,1,3H3/b9-7-,10-8-,16-13+. The summed E-state index contributed by atoms with van der Waals surface area (Å²) < 4.78 is 0. The summed E-state index contributed by atoms with van der Waals surface area (Å²) >= 11 is 0. The Balaban J connectivity index is 2.45. The second-order valence-corrected chi connectivity index (χ2v) is 4.57. The van der Waals surface area contributed by atoms with Crippen molar-refractivity contribution in [1.82, 2.24) is 0 Å². The molecule has 0 spiro atoms. The number of benzene rings is 1. The first kappa shape index (κ1) is 12.4. The molecule has 2 rings (SSSR count). The Bertz CT molecular complexity index is 506. The summed E-state index contributed by atoms with van der Waals surface area (Å²) in [6, 6.07) is 10.3. The molecule has 0 saturated carbocycles. The highest BCUT2D eigenvalue weighted by atomic mass is 15.1. The van der Waals surface area contributed by atoms with Gasteiger partial charge in [0.2, 0.25) is 0 Å². The first-order chi connectivity index (χ1) is 8.68. The van der Waals surface area contributed by atoms with Crippen LogP contribution in [-0.2, 0) is 0 Å². The lowest BCUT2D eigenvalue weighted by Gasteiger charge is -2.26. The fourth-order valence-corrected chi connectivity index (χ4v) is 2.16. The molecule has 1 aromatic carbocycles. The summed E-state index contributed by atoms with van der Waals surface area (Å²) in [6.45, 7) is 8.47. The van der Waals surface area contributed by atoms with Gasteiger partial charge in [0.15, 0.2) is 0 Å². The van der Waals surface area contributed by atoms with E-state index in [1.165, 1.54) is 5.70 Å². The molecule has 1 aliphatic rings. The molecule has 0 amide bonds. The van der Waals surface area contributed by atoms with Crippen molar-refractivity contribution < 1.29 is 0 Å². The molecule has 0 N–H and O–H groups in total. The minimum absolute atomic E-state index is 0.423. The van der Waals surface area contributed by atoms with Crippen molar-refractivity contribution in [2.45, 2.75) is 13.8 Å². The summed E-state index contributed by atoms with van der Waals surface area (Å²) in [7, 11) is 0. The Morgan fingerprint density at radius 2 is 1.83 bits per heavy atom. The predicted molar refractivity (Wildman–Crippen MR) is 79.3 cm³/mol. The van der Waals surface area contributed by atoms with Crippen LogP contribution >= 0.6 is 0 Å². The maximum absolute atomic E-state index is 4.16. The van der Waals surface area contributed by atoms with Crippen LogP contribution in [0.15, 0.2) is 78.7 Å². The van der Waals surface area contributed by atoms with Crippen LogP contribution in [0.2, 0.25) is 0 Å². The summed E-state index contributed by atoms with van der Waals surface area (Å²) in [5.41, 5.74) is 3.33. The van der Waals surface area contributed by atoms with E-state index in [-0.39, 0.29) is 0 Å². The van der Waals surface area contributed by atoms with Crippen molar-refractivity contribution in [1.29, 1.82) is 0 Å². The molecule has 0 fully saturated rings. The predicted octanol–water partition coefficient (Wildman–Crippen LogP) is 4.67. The lowest BCUT2D eigenvalue weighted by atomic mass is 10.1. The SMILES string of the molecule is C=C1/C=C\C=C/C(C)/C=C(\C)N1c1ccccc1. The van der Waals surface area contributed by atoms with Crippen LogP contribution in [0.25, 0.3) is 0 Å². The molecular formula is C17H19N. The molecule has 1 atom stereocenters. The van der Waals surface area contributed by atoms with Crippen molar-refractivity contribution in [3.05, 3.63) is 78.7 Å². The van der Waals surface area contributed by atoms with E-state index >= 15 is 0 Å². The van der Waals surface area contributed by atoms with Gasteiger partial charge in [0.25, 0.3) is 0 Å². The second-order valence-electron chi connectivity index (χ2n) is 4.57. The minimum Gasteiger partial charge on any atom is -0.315 e. The molecule has 0 saturated heterocycles. The van der Waals surface area contributed by atoms with E-state index < -0.39 is 0 Å². The number of anilines is 1. The van der Waals surface area contributed by atoms with Crippen molar-refractivity contribution >= 4 is 5.69 Å². The van der Waals surface area contributed by atoms with Crippen LogP contribution in [0.3, 0.4) is 0 Å². The highest BCUT2D eigenvalue weighted by Gasteiger charge is 2.11. The van der Waals surface area contributed by atoms with Gasteiger partial charge in [0, 0.05) is 17.1 Å². The van der Waals surface area contributed by atoms with Gasteiger partial charge in [-0.1, -0.05) is 56.0 Å². The quantitative estimate of drug-likeness (QED) is 0.686. The fourth-order valence-electron chi connectivity index (χ4n) is 2.16. The topological polar surface area (TPSA) is 3.24 Å². The van der Waals surface area contributed by atoms with Gasteiger partial charge in [-0.25, -0.2) is 0 Å². The number of rotatable bonds is 1. The number of hydrogen-bond donors (Lipinski definition) is 0. The summed E-state index contributed by atoms with van der Waals surface area (Å²) in [6.07, 6.45) is 10.6. The fraction of sp³-hybridized carbons (Fsp3) is 0.176. The van der Waals surface area contributed by atoms with Crippen LogP contribution in [0.4, 0.5) is 5.69 Å². The highest BCUT2D eigenvalue weighted by Crippen LogP contribution is 2.25. The number of allylic oxidation sites excluding steroid dienone is 6. The Morgan fingerprint density at radius 3 is 2.56 bits per heavy atom. The van der Waals surface area contributed by atoms with E-state index in [2.05, 4.69) is 55.7 Å². The maximum Gasteiger partial charge on any atom is 0.0457 e. The lowest BCUT2D eigenvalue weighted by Crippen LogP contribution is -2.18. The van der Waals surface area contributed by atoms with Gasteiger partial charge in [0.1, 0.15) is 0 Å². The molecular weight excluding hydrogens is 218 g/mol. The van der Waals surface area contributed by atoms with Crippen molar-refractivity contribution in [3.8, 4) is 0 Å². The maximum atomic E-state index is 4.16. The number of nitrogens with zero attached hydrogens (tertiary/aromatic N) is 1. The van der Waals surface area contributed by atoms with Gasteiger partial charge in [-0.15, -0.1) is 0 Å². The molecule has 18 heavy (non-hydrogen) atoms. The van der Waals surface area contributed by atoms with E-state index in [0.717, 1.165) is 11.4 Å². The third kappa shape index (κ3) is 2.80. The Hall–Kier alpha value is -2.02. The zero-order chi connectivity index (χ0) is 13.0. The molecule has 1 heterocycles. The van der Waals surface area contributed by atoms with Crippen LogP contribution in [0.1, 0.15) is 13.8 Å². The average molecular weight is 237 g/mol. The van der Waals surface area contributed by atoms with E-state index in [1.807, 2.05) is 30.4 Å². The molecule has 0 aliphatic carbocycles. The van der Waals surface area contributed by atoms with Gasteiger partial charge in [-0.05, 0) is 31.1 Å². The van der Waals surface area contributed by atoms with Gasteiger partial charge < -0.3 is 4.90 Å². The van der Waals surface area contributed by atoms with Gasteiger partial charge in [-0.2, -0.15) is 0 Å². The lowest BCUT2D eigenvalue weighted by molar-refractivity contribution is 0.912. The third-order valence-corrected chi connectivity index (χ3v) is 2.97. The van der Waals surface area contributed by atoms with Gasteiger partial charge >= 0.3 is 0 Å². The number of para-hydroxylation sites is 1. The summed E-state index contributed by atoms with van der Waals surface area (Å²) in [5.74, 6) is 0.423. The number of hydrogen-bond acceptors (Lipinski definition) is 1. The van der Waals surface area contributed by atoms with E-state index in [0.29, 0.717) is 5.92 Å². The first-order valence-corrected chi connectivity index (χ1v) is 6.26. The van der Waals surface area contributed by atoms with E-state index in [9.17, 15) is 0 Å². The zero-order valence-corrected chi connectivity index (χ0v) is 11.0. The third-order valence-electron chi connectivity index (χ3n) is 2.97. The smallest absolute Gasteiger partial charge is 0.0457 e. The van der Waals surface area contributed by atoms with Gasteiger partial charge in [-0.3, -0.25) is 0 Å². The average Bonchev–Trinajstić information content (AvgIpc) is 2.41. The first-order valence-electron chi connectivity index (χ1n) is 6.26. The van der Waals surface area contributed by atoms with E-state index in [1.54, 1.807) is 0 Å². The molecule has 0 radical (unpaired) electrons. The zero-order valence-electron chi connectivity index (χ0n) is 11.0. The molecule has 1 nitrogen and oxygen atoms in total.